The molecule has 0 bridgehead atoms. The molecular weight excluding hydrogens is 492 g/mol. The van der Waals surface area contributed by atoms with E-state index in [9.17, 15) is 19.2 Å². The predicted molar refractivity (Wildman–Crippen MR) is 139 cm³/mol. The summed E-state index contributed by atoms with van der Waals surface area (Å²) in [6.45, 7) is 1.93. The fraction of sp³-hybridized carbons (Fsp3) is 0.462. The first-order valence-corrected chi connectivity index (χ1v) is 12.5. The second-order valence-electron chi connectivity index (χ2n) is 8.91. The van der Waals surface area contributed by atoms with Gasteiger partial charge >= 0.3 is 12.1 Å². The Kier molecular flexibility index (Phi) is 10.3. The number of azide groups is 1. The van der Waals surface area contributed by atoms with Gasteiger partial charge in [-0.2, -0.15) is 0 Å². The molecule has 3 atom stereocenters. The molecule has 0 spiro atoms. The molecule has 0 radical (unpaired) electrons. The molecule has 202 valence electrons. The lowest BCUT2D eigenvalue weighted by atomic mass is 10.0. The van der Waals surface area contributed by atoms with Crippen LogP contribution >= 0.6 is 0 Å². The fourth-order valence-corrected chi connectivity index (χ4v) is 4.36. The number of hydrogen-bond donors (Lipinski definition) is 2. The average Bonchev–Trinajstić information content (AvgIpc) is 3.35. The highest BCUT2D eigenvalue weighted by molar-refractivity contribution is 5.93. The zero-order chi connectivity index (χ0) is 27.5. The van der Waals surface area contributed by atoms with Crippen LogP contribution in [0.5, 0.6) is 0 Å². The van der Waals surface area contributed by atoms with Crippen molar-refractivity contribution in [1.82, 2.24) is 15.5 Å². The fourth-order valence-electron chi connectivity index (χ4n) is 4.36. The summed E-state index contributed by atoms with van der Waals surface area (Å²) in [7, 11) is 1.22. The van der Waals surface area contributed by atoms with Gasteiger partial charge in [0.2, 0.25) is 11.8 Å². The number of unbranched alkanes of at least 4 members (excludes halogenated alkanes) is 1. The first-order chi connectivity index (χ1) is 18.4. The summed E-state index contributed by atoms with van der Waals surface area (Å²) in [6, 6.07) is 10.5. The topological polar surface area (TPSA) is 163 Å². The lowest BCUT2D eigenvalue weighted by molar-refractivity contribution is -0.146. The molecule has 2 aromatic rings. The predicted octanol–water partition coefficient (Wildman–Crippen LogP) is 2.85. The average molecular weight is 525 g/mol. The summed E-state index contributed by atoms with van der Waals surface area (Å²) in [4.78, 5) is 54.7. The van der Waals surface area contributed by atoms with Crippen molar-refractivity contribution in [1.29, 1.82) is 0 Å². The third kappa shape index (κ3) is 7.36. The molecule has 12 heteroatoms. The van der Waals surface area contributed by atoms with Crippen LogP contribution in [-0.2, 0) is 30.3 Å². The van der Waals surface area contributed by atoms with Gasteiger partial charge in [-0.25, -0.2) is 9.59 Å². The van der Waals surface area contributed by atoms with Crippen LogP contribution in [0.3, 0.4) is 0 Å². The highest BCUT2D eigenvalue weighted by atomic mass is 16.5. The molecule has 1 saturated heterocycles. The summed E-state index contributed by atoms with van der Waals surface area (Å²) >= 11 is 0. The zero-order valence-corrected chi connectivity index (χ0v) is 21.5. The minimum Gasteiger partial charge on any atom is -0.467 e. The van der Waals surface area contributed by atoms with E-state index in [0.29, 0.717) is 6.42 Å². The number of methoxy groups -OCH3 is 1. The summed E-state index contributed by atoms with van der Waals surface area (Å²) in [5.74, 6) is -1.86. The maximum absolute atomic E-state index is 13.4. The van der Waals surface area contributed by atoms with Gasteiger partial charge in [0.1, 0.15) is 18.6 Å². The van der Waals surface area contributed by atoms with E-state index >= 15 is 0 Å². The molecule has 12 nitrogen and oxygen atoms in total. The van der Waals surface area contributed by atoms with Gasteiger partial charge in [0.05, 0.1) is 19.8 Å². The van der Waals surface area contributed by atoms with E-state index in [-0.39, 0.29) is 26.0 Å². The number of nitrogens with zero attached hydrogens (tertiary/aromatic N) is 4. The molecular formula is C26H32N6O6. The van der Waals surface area contributed by atoms with Crippen molar-refractivity contribution in [2.75, 3.05) is 26.8 Å². The van der Waals surface area contributed by atoms with E-state index in [1.54, 1.807) is 0 Å². The standard InChI is InChI=1S/C26H32N6O6/c1-3-4-13-38-26(36)28-16-22(33)32-12-11-20(30-31-27)23(32)24(34)29-21(25(35)37-2)15-17-9-10-18-7-5-6-8-19(18)14-17/h5-10,14,20-21,23H,3-4,11-13,15-16H2,1-2H3,(H,28,36)(H,29,34)/t20-,21+,23+/m1/s1. The summed E-state index contributed by atoms with van der Waals surface area (Å²) in [5.41, 5.74) is 9.80. The normalized spacial score (nSPS) is 17.3. The van der Waals surface area contributed by atoms with Crippen LogP contribution in [0.25, 0.3) is 21.2 Å². The maximum Gasteiger partial charge on any atom is 0.407 e. The minimum absolute atomic E-state index is 0.140. The molecule has 38 heavy (non-hydrogen) atoms. The van der Waals surface area contributed by atoms with Crippen LogP contribution in [0.1, 0.15) is 31.7 Å². The lowest BCUT2D eigenvalue weighted by Gasteiger charge is -2.27. The van der Waals surface area contributed by atoms with E-state index in [0.717, 1.165) is 22.8 Å². The highest BCUT2D eigenvalue weighted by Gasteiger charge is 2.42. The zero-order valence-electron chi connectivity index (χ0n) is 21.5. The molecule has 0 aliphatic carbocycles. The van der Waals surface area contributed by atoms with Gasteiger partial charge < -0.3 is 25.0 Å². The lowest BCUT2D eigenvalue weighted by Crippen LogP contribution is -2.55. The van der Waals surface area contributed by atoms with Crippen LogP contribution in [0.2, 0.25) is 0 Å². The molecule has 3 rings (SSSR count). The van der Waals surface area contributed by atoms with Crippen molar-refractivity contribution in [3.05, 3.63) is 58.5 Å². The van der Waals surface area contributed by atoms with Gasteiger partial charge in [0, 0.05) is 17.9 Å². The largest absolute Gasteiger partial charge is 0.467 e. The third-order valence-corrected chi connectivity index (χ3v) is 6.33. The number of hydrogen-bond acceptors (Lipinski definition) is 7. The van der Waals surface area contributed by atoms with Crippen molar-refractivity contribution in [2.24, 2.45) is 5.11 Å². The number of rotatable bonds is 11. The number of alkyl carbamates (subject to hydrolysis) is 1. The van der Waals surface area contributed by atoms with E-state index in [1.165, 1.54) is 12.0 Å². The summed E-state index contributed by atoms with van der Waals surface area (Å²) < 4.78 is 9.90. The Hall–Kier alpha value is -4.31. The van der Waals surface area contributed by atoms with Gasteiger partial charge in [0.15, 0.2) is 0 Å². The highest BCUT2D eigenvalue weighted by Crippen LogP contribution is 2.23. The van der Waals surface area contributed by atoms with E-state index in [2.05, 4.69) is 20.7 Å². The van der Waals surface area contributed by atoms with Gasteiger partial charge in [-0.3, -0.25) is 9.59 Å². The second-order valence-corrected chi connectivity index (χ2v) is 8.91. The quantitative estimate of drug-likeness (QED) is 0.151. The van der Waals surface area contributed by atoms with Crippen molar-refractivity contribution in [3.8, 4) is 0 Å². The van der Waals surface area contributed by atoms with E-state index in [1.807, 2.05) is 49.4 Å². The number of carbonyl (C=O) groups is 4. The number of carbonyl (C=O) groups excluding carboxylic acids is 4. The number of benzene rings is 2. The molecule has 2 aromatic carbocycles. The number of nitrogens with one attached hydrogen (secondary N) is 2. The Morgan fingerprint density at radius 2 is 1.95 bits per heavy atom. The maximum atomic E-state index is 13.4. The Labute approximate surface area is 220 Å². The Morgan fingerprint density at radius 1 is 1.18 bits per heavy atom. The van der Waals surface area contributed by atoms with Crippen LogP contribution < -0.4 is 10.6 Å². The number of esters is 1. The Balaban J connectivity index is 1.72. The van der Waals surface area contributed by atoms with E-state index < -0.39 is 48.5 Å². The smallest absolute Gasteiger partial charge is 0.407 e. The van der Waals surface area contributed by atoms with Crippen molar-refractivity contribution < 1.29 is 28.7 Å². The van der Waals surface area contributed by atoms with Gasteiger partial charge in [-0.05, 0) is 34.7 Å². The molecule has 0 aromatic heterocycles. The van der Waals surface area contributed by atoms with Crippen molar-refractivity contribution in [3.63, 3.8) is 0 Å². The molecule has 0 saturated carbocycles. The van der Waals surface area contributed by atoms with Crippen LogP contribution in [-0.4, -0.2) is 73.7 Å². The Bertz CT molecular complexity index is 1210. The molecule has 1 heterocycles. The molecule has 1 fully saturated rings. The third-order valence-electron chi connectivity index (χ3n) is 6.33. The monoisotopic (exact) mass is 524 g/mol. The number of likely N-dealkylation sites (tertiary alicyclic amines) is 1. The number of ether oxygens (including phenoxy) is 2. The van der Waals surface area contributed by atoms with Gasteiger partial charge in [-0.1, -0.05) is 60.9 Å². The number of amides is 3. The van der Waals surface area contributed by atoms with Crippen molar-refractivity contribution in [2.45, 2.75) is 50.7 Å². The summed E-state index contributed by atoms with van der Waals surface area (Å²) in [6.07, 6.45) is 1.22. The van der Waals surface area contributed by atoms with Gasteiger partial charge in [0.25, 0.3) is 0 Å². The molecule has 3 amide bonds. The first kappa shape index (κ1) is 28.3. The molecule has 1 aliphatic rings. The number of fused-ring (bicyclic) bond motifs is 1. The molecule has 0 unspecified atom stereocenters. The minimum atomic E-state index is -1.15. The first-order valence-electron chi connectivity index (χ1n) is 12.5. The van der Waals surface area contributed by atoms with Gasteiger partial charge in [-0.15, -0.1) is 0 Å². The molecule has 2 N–H and O–H groups in total. The van der Waals surface area contributed by atoms with Crippen LogP contribution in [0.4, 0.5) is 4.79 Å². The Morgan fingerprint density at radius 3 is 2.66 bits per heavy atom. The molecule has 1 aliphatic heterocycles. The van der Waals surface area contributed by atoms with E-state index in [4.69, 9.17) is 15.0 Å². The van der Waals surface area contributed by atoms with Crippen molar-refractivity contribution >= 4 is 34.6 Å². The SMILES string of the molecule is CCCCOC(=O)NCC(=O)N1CC[C@@H](N=[N+]=[N-])[C@H]1C(=O)N[C@@H](Cc1ccc2ccccc2c1)C(=O)OC. The van der Waals surface area contributed by atoms with Crippen LogP contribution in [0, 0.1) is 0 Å². The summed E-state index contributed by atoms with van der Waals surface area (Å²) in [5, 5.41) is 10.8. The second kappa shape index (κ2) is 13.8. The van der Waals surface area contributed by atoms with Crippen LogP contribution in [0.15, 0.2) is 47.6 Å².